The fourth-order valence-corrected chi connectivity index (χ4v) is 5.75. The van der Waals surface area contributed by atoms with Gasteiger partial charge in [0.15, 0.2) is 40.2 Å². The maximum Gasteiger partial charge on any atom is 0.336 e. The normalized spacial score (nSPS) is 28.3. The number of carboxylic acids is 1. The number of carbonyl (C=O) groups is 3. The van der Waals surface area contributed by atoms with Gasteiger partial charge in [-0.2, -0.15) is 0 Å². The van der Waals surface area contributed by atoms with Crippen molar-refractivity contribution in [2.75, 3.05) is 13.2 Å². The monoisotopic (exact) mass is 630 g/mol. The van der Waals surface area contributed by atoms with Crippen LogP contribution in [0.2, 0.25) is 0 Å². The molecular formula is C31H34O14. The highest BCUT2D eigenvalue weighted by Gasteiger charge is 2.62. The van der Waals surface area contributed by atoms with Gasteiger partial charge in [0, 0.05) is 24.9 Å². The molecule has 1 heterocycles. The molecule has 1 saturated heterocycles. The van der Waals surface area contributed by atoms with Crippen LogP contribution in [0, 0.1) is 11.8 Å². The first kappa shape index (κ1) is 33.6. The summed E-state index contributed by atoms with van der Waals surface area (Å²) in [7, 11) is 0. The predicted octanol–water partition coefficient (Wildman–Crippen LogP) is 0.214. The lowest BCUT2D eigenvalue weighted by Gasteiger charge is -2.53. The second-order valence-electron chi connectivity index (χ2n) is 11.0. The van der Waals surface area contributed by atoms with Gasteiger partial charge in [-0.25, -0.2) is 4.79 Å². The van der Waals surface area contributed by atoms with Crippen LogP contribution in [0.5, 0.6) is 23.0 Å². The summed E-state index contributed by atoms with van der Waals surface area (Å²) in [4.78, 5) is 38.5. The number of phenolic OH excluding ortho intramolecular Hbond substituents is 4. The van der Waals surface area contributed by atoms with Crippen molar-refractivity contribution in [2.24, 2.45) is 11.8 Å². The minimum Gasteiger partial charge on any atom is -0.504 e. The number of fused-ring (bicyclic) bond motifs is 1. The highest BCUT2D eigenvalue weighted by atomic mass is 16.5. The van der Waals surface area contributed by atoms with E-state index in [1.807, 2.05) is 0 Å². The Morgan fingerprint density at radius 3 is 2.27 bits per heavy atom. The van der Waals surface area contributed by atoms with Gasteiger partial charge >= 0.3 is 5.97 Å². The van der Waals surface area contributed by atoms with Gasteiger partial charge < -0.3 is 55.4 Å². The molecule has 14 heteroatoms. The maximum atomic E-state index is 13.2. The Labute approximate surface area is 256 Å². The Kier molecular flexibility index (Phi) is 10.3. The lowest BCUT2D eigenvalue weighted by atomic mass is 9.65. The first-order chi connectivity index (χ1) is 21.3. The average molecular weight is 631 g/mol. The lowest BCUT2D eigenvalue weighted by molar-refractivity contribution is -0.260. The second kappa shape index (κ2) is 13.8. The third-order valence-electron chi connectivity index (χ3n) is 8.17. The number of hydrogen-bond acceptors (Lipinski definition) is 13. The number of carboxylic acid groups (broad SMARTS) is 1. The number of aliphatic hydroxyl groups is 4. The third kappa shape index (κ3) is 7.01. The quantitative estimate of drug-likeness (QED) is 0.119. The van der Waals surface area contributed by atoms with Crippen molar-refractivity contribution in [3.63, 3.8) is 0 Å². The molecule has 0 unspecified atom stereocenters. The van der Waals surface area contributed by atoms with E-state index in [1.54, 1.807) is 0 Å². The zero-order chi connectivity index (χ0) is 33.1. The summed E-state index contributed by atoms with van der Waals surface area (Å²) in [6, 6.07) is 6.06. The molecule has 14 nitrogen and oxygen atoms in total. The molecule has 0 aromatic heterocycles. The van der Waals surface area contributed by atoms with Gasteiger partial charge in [-0.05, 0) is 59.5 Å². The number of ether oxygens (including phenoxy) is 2. The van der Waals surface area contributed by atoms with Gasteiger partial charge in [-0.3, -0.25) is 9.59 Å². The van der Waals surface area contributed by atoms with E-state index in [0.717, 1.165) is 24.3 Å². The zero-order valence-corrected chi connectivity index (χ0v) is 23.8. The fourth-order valence-electron chi connectivity index (χ4n) is 5.75. The van der Waals surface area contributed by atoms with Crippen molar-refractivity contribution in [2.45, 2.75) is 49.5 Å². The van der Waals surface area contributed by atoms with Crippen LogP contribution >= 0.6 is 0 Å². The Hall–Kier alpha value is -4.31. The summed E-state index contributed by atoms with van der Waals surface area (Å²) < 4.78 is 11.5. The van der Waals surface area contributed by atoms with Crippen LogP contribution in [0.25, 0.3) is 12.2 Å². The van der Waals surface area contributed by atoms with E-state index >= 15 is 0 Å². The molecule has 2 aromatic rings. The molecule has 2 aliphatic rings. The van der Waals surface area contributed by atoms with Gasteiger partial charge in [0.2, 0.25) is 0 Å². The molecule has 2 aromatic carbocycles. The highest BCUT2D eigenvalue weighted by molar-refractivity contribution is 5.97. The van der Waals surface area contributed by atoms with E-state index in [4.69, 9.17) is 9.47 Å². The maximum absolute atomic E-state index is 13.2. The molecule has 0 amide bonds. The average Bonchev–Trinajstić information content (AvgIpc) is 3.02. The van der Waals surface area contributed by atoms with Crippen LogP contribution < -0.4 is 0 Å². The first-order valence-corrected chi connectivity index (χ1v) is 13.9. The molecular weight excluding hydrogens is 596 g/mol. The molecule has 0 bridgehead atoms. The number of benzene rings is 2. The van der Waals surface area contributed by atoms with Crippen LogP contribution in [0.1, 0.15) is 29.5 Å². The number of aliphatic hydroxyl groups excluding tert-OH is 4. The Morgan fingerprint density at radius 2 is 1.62 bits per heavy atom. The van der Waals surface area contributed by atoms with E-state index in [9.17, 15) is 60.3 Å². The van der Waals surface area contributed by atoms with Crippen molar-refractivity contribution in [1.82, 2.24) is 0 Å². The molecule has 1 aliphatic carbocycles. The second-order valence-corrected chi connectivity index (χ2v) is 11.0. The zero-order valence-electron chi connectivity index (χ0n) is 23.8. The summed E-state index contributed by atoms with van der Waals surface area (Å²) in [5.41, 5.74) is -1.50. The number of ketones is 2. The van der Waals surface area contributed by atoms with E-state index in [2.05, 4.69) is 0 Å². The van der Waals surface area contributed by atoms with Crippen molar-refractivity contribution in [1.29, 1.82) is 0 Å². The van der Waals surface area contributed by atoms with E-state index in [-0.39, 0.29) is 23.3 Å². The molecule has 4 rings (SSSR count). The van der Waals surface area contributed by atoms with Crippen LogP contribution in [0.4, 0.5) is 0 Å². The number of aromatic hydroxyl groups is 4. The van der Waals surface area contributed by atoms with Gasteiger partial charge in [-0.15, -0.1) is 0 Å². The fraction of sp³-hybridized carbons (Fsp3) is 0.387. The summed E-state index contributed by atoms with van der Waals surface area (Å²) in [5, 5.41) is 90.0. The number of carbonyl (C=O) groups excluding carboxylic acids is 2. The smallest absolute Gasteiger partial charge is 0.336 e. The van der Waals surface area contributed by atoms with Crippen molar-refractivity contribution >= 4 is 29.7 Å². The number of rotatable bonds is 11. The van der Waals surface area contributed by atoms with Gasteiger partial charge in [0.25, 0.3) is 0 Å². The van der Waals surface area contributed by atoms with Crippen molar-refractivity contribution in [3.05, 3.63) is 59.2 Å². The molecule has 2 fully saturated rings. The molecule has 1 aliphatic heterocycles. The molecule has 0 spiro atoms. The van der Waals surface area contributed by atoms with Crippen LogP contribution in [0.3, 0.4) is 0 Å². The first-order valence-electron chi connectivity index (χ1n) is 13.9. The van der Waals surface area contributed by atoms with Gasteiger partial charge in [0.05, 0.1) is 18.8 Å². The predicted molar refractivity (Wildman–Crippen MR) is 154 cm³/mol. The molecule has 1 saturated carbocycles. The van der Waals surface area contributed by atoms with Gasteiger partial charge in [-0.1, -0.05) is 18.2 Å². The summed E-state index contributed by atoms with van der Waals surface area (Å²) >= 11 is 0. The Morgan fingerprint density at radius 1 is 0.933 bits per heavy atom. The van der Waals surface area contributed by atoms with Crippen molar-refractivity contribution in [3.8, 4) is 23.0 Å². The Bertz CT molecular complexity index is 1500. The highest BCUT2D eigenvalue weighted by Crippen LogP contribution is 2.47. The third-order valence-corrected chi connectivity index (χ3v) is 8.17. The van der Waals surface area contributed by atoms with Crippen LogP contribution in [0.15, 0.2) is 42.5 Å². The topological polar surface area (TPSA) is 252 Å². The van der Waals surface area contributed by atoms with E-state index in [0.29, 0.717) is 5.56 Å². The lowest BCUT2D eigenvalue weighted by Crippen LogP contribution is -2.68. The number of phenols is 4. The largest absolute Gasteiger partial charge is 0.504 e. The molecule has 45 heavy (non-hydrogen) atoms. The molecule has 9 N–H and O–H groups in total. The van der Waals surface area contributed by atoms with Crippen molar-refractivity contribution < 1.29 is 69.8 Å². The van der Waals surface area contributed by atoms with Crippen LogP contribution in [-0.4, -0.2) is 107 Å². The minimum absolute atomic E-state index is 0.192. The van der Waals surface area contributed by atoms with Gasteiger partial charge in [0.1, 0.15) is 18.8 Å². The minimum atomic E-state index is -2.25. The number of hydrogen-bond donors (Lipinski definition) is 9. The molecule has 7 atom stereocenters. The SMILES string of the molecule is O=C(/C=C/c1ccc(O)c(O)c1)CO[C@@]1(C(=O)O)C[C@@H](O)[C@@H](O)[C@@H]2O[C@H](C(=O)/C=C/c3cc(O)c(O)cc3CO)[C@H](CO)C[C@H]21. The summed E-state index contributed by atoms with van der Waals surface area (Å²) in [6.45, 7) is -1.92. The number of aliphatic carboxylic acids is 1. The molecule has 0 radical (unpaired) electrons. The van der Waals surface area contributed by atoms with E-state index in [1.165, 1.54) is 30.4 Å². The summed E-state index contributed by atoms with van der Waals surface area (Å²) in [5.74, 6) is -6.90. The standard InChI is InChI=1S/C31H34O14/c32-12-17-10-25(39)24(38)9-16(17)3-6-22(36)28-18(13-33)8-20-29(45-28)27(41)26(40)11-31(20,30(42)43)44-14-19(34)4-1-15-2-5-21(35)23(37)7-15/h1-7,9-10,18,20,26-29,32-33,35,37-41H,8,11-14H2,(H,42,43)/b4-1+,6-3+/t18-,20+,26+,27+,28-,29+,31-/m0/s1. The van der Waals surface area contributed by atoms with Crippen LogP contribution in [-0.2, 0) is 30.5 Å². The van der Waals surface area contributed by atoms with E-state index < -0.39 is 103 Å². The molecule has 242 valence electrons. The Balaban J connectivity index is 1.55. The summed E-state index contributed by atoms with van der Waals surface area (Å²) in [6.07, 6.45) is -2.34.